The highest BCUT2D eigenvalue weighted by Gasteiger charge is 2.24. The molecule has 0 aliphatic heterocycles. The molecule has 3 heteroatoms. The summed E-state index contributed by atoms with van der Waals surface area (Å²) < 4.78 is 10.8. The predicted molar refractivity (Wildman–Crippen MR) is 124 cm³/mol. The minimum absolute atomic E-state index is 0.127. The average Bonchev–Trinajstić information content (AvgIpc) is 2.77. The maximum Gasteiger partial charge on any atom is 0.185 e. The summed E-state index contributed by atoms with van der Waals surface area (Å²) >= 11 is 0. The van der Waals surface area contributed by atoms with Gasteiger partial charge in [-0.3, -0.25) is 4.79 Å². The molecule has 0 heterocycles. The summed E-state index contributed by atoms with van der Waals surface area (Å²) in [6.45, 7) is 2.18. The lowest BCUT2D eigenvalue weighted by atomic mass is 9.81. The molecule has 0 aromatic heterocycles. The summed E-state index contributed by atoms with van der Waals surface area (Å²) in [5.74, 6) is 2.19. The van der Waals surface area contributed by atoms with Gasteiger partial charge in [0.05, 0.1) is 14.2 Å². The number of ketones is 1. The lowest BCUT2D eigenvalue weighted by Gasteiger charge is -2.22. The van der Waals surface area contributed by atoms with Crippen molar-refractivity contribution in [1.82, 2.24) is 0 Å². The van der Waals surface area contributed by atoms with E-state index in [1.807, 2.05) is 85.0 Å². The molecule has 30 heavy (non-hydrogen) atoms. The van der Waals surface area contributed by atoms with Crippen LogP contribution in [-0.2, 0) is 4.79 Å². The number of methoxy groups -OCH3 is 2. The Morgan fingerprint density at radius 2 is 1.20 bits per heavy atom. The molecule has 1 saturated carbocycles. The number of para-hydroxylation sites is 2. The monoisotopic (exact) mass is 400 g/mol. The highest BCUT2D eigenvalue weighted by atomic mass is 16.5. The fourth-order valence-corrected chi connectivity index (χ4v) is 3.65. The molecule has 0 bridgehead atoms. The molecule has 1 aliphatic rings. The topological polar surface area (TPSA) is 35.5 Å². The van der Waals surface area contributed by atoms with E-state index in [-0.39, 0.29) is 5.78 Å². The number of hydrogen-bond acceptors (Lipinski definition) is 3. The zero-order valence-electron chi connectivity index (χ0n) is 17.8. The molecular weight excluding hydrogens is 372 g/mol. The van der Waals surface area contributed by atoms with Gasteiger partial charge < -0.3 is 9.47 Å². The molecule has 1 unspecified atom stereocenters. The van der Waals surface area contributed by atoms with Crippen molar-refractivity contribution in [2.24, 2.45) is 5.92 Å². The molecule has 1 atom stereocenters. The van der Waals surface area contributed by atoms with Gasteiger partial charge in [-0.15, -0.1) is 0 Å². The van der Waals surface area contributed by atoms with E-state index in [1.165, 1.54) is 0 Å². The summed E-state index contributed by atoms with van der Waals surface area (Å²) in [7, 11) is 3.32. The molecule has 2 aromatic carbocycles. The fourth-order valence-electron chi connectivity index (χ4n) is 3.65. The number of ether oxygens (including phenoxy) is 2. The first-order valence-corrected chi connectivity index (χ1v) is 10.2. The SMILES string of the molecule is COc1ccccc1/C=C/C=C1/CC(C)C/C(=C\C=C\c2ccccc2OC)C1=O. The van der Waals surface area contributed by atoms with Gasteiger partial charge in [0, 0.05) is 22.3 Å². The van der Waals surface area contributed by atoms with Crippen LogP contribution in [0.25, 0.3) is 12.2 Å². The first-order valence-electron chi connectivity index (χ1n) is 10.2. The summed E-state index contributed by atoms with van der Waals surface area (Å²) in [6, 6.07) is 15.7. The standard InChI is InChI=1S/C27H28O3/c1-20-18-23(14-8-12-21-10-4-6-16-25(21)29-2)27(28)24(19-20)15-9-13-22-11-5-7-17-26(22)30-3/h4-17,20H,18-19H2,1-3H3/b12-8+,13-9+,23-14-,24-15+. The number of carbonyl (C=O) groups excluding carboxylic acids is 1. The van der Waals surface area contributed by atoms with E-state index in [4.69, 9.17) is 9.47 Å². The Bertz CT molecular complexity index is 929. The second kappa shape index (κ2) is 10.4. The van der Waals surface area contributed by atoms with Gasteiger partial charge in [0.15, 0.2) is 5.78 Å². The van der Waals surface area contributed by atoms with Crippen LogP contribution in [0.2, 0.25) is 0 Å². The maximum atomic E-state index is 12.9. The lowest BCUT2D eigenvalue weighted by molar-refractivity contribution is -0.113. The van der Waals surface area contributed by atoms with Gasteiger partial charge in [0.25, 0.3) is 0 Å². The zero-order valence-corrected chi connectivity index (χ0v) is 17.8. The van der Waals surface area contributed by atoms with Gasteiger partial charge in [-0.1, -0.05) is 79.8 Å². The Labute approximate surface area is 179 Å². The predicted octanol–water partition coefficient (Wildman–Crippen LogP) is 6.28. The highest BCUT2D eigenvalue weighted by molar-refractivity contribution is 6.09. The van der Waals surface area contributed by atoms with Crippen molar-refractivity contribution < 1.29 is 14.3 Å². The second-order valence-corrected chi connectivity index (χ2v) is 7.43. The van der Waals surface area contributed by atoms with Gasteiger partial charge >= 0.3 is 0 Å². The maximum absolute atomic E-state index is 12.9. The van der Waals surface area contributed by atoms with Crippen LogP contribution in [0.5, 0.6) is 11.5 Å². The Balaban J connectivity index is 1.77. The Kier molecular flexibility index (Phi) is 7.45. The number of Topliss-reactive ketones (excluding diaryl/α,β-unsaturated/α-hetero) is 1. The van der Waals surface area contributed by atoms with Crippen molar-refractivity contribution in [1.29, 1.82) is 0 Å². The molecule has 1 aliphatic carbocycles. The van der Waals surface area contributed by atoms with Gasteiger partial charge in [-0.25, -0.2) is 0 Å². The van der Waals surface area contributed by atoms with Crippen molar-refractivity contribution in [3.8, 4) is 11.5 Å². The van der Waals surface area contributed by atoms with Crippen LogP contribution >= 0.6 is 0 Å². The second-order valence-electron chi connectivity index (χ2n) is 7.43. The summed E-state index contributed by atoms with van der Waals surface area (Å²) in [5.41, 5.74) is 3.67. The quantitative estimate of drug-likeness (QED) is 0.535. The molecule has 154 valence electrons. The van der Waals surface area contributed by atoms with Gasteiger partial charge in [0.1, 0.15) is 11.5 Å². The van der Waals surface area contributed by atoms with Crippen molar-refractivity contribution in [3.63, 3.8) is 0 Å². The first-order chi connectivity index (χ1) is 14.6. The van der Waals surface area contributed by atoms with Gasteiger partial charge in [0.2, 0.25) is 0 Å². The normalized spacial score (nSPS) is 19.8. The molecule has 0 radical (unpaired) electrons. The van der Waals surface area contributed by atoms with Crippen LogP contribution in [0.3, 0.4) is 0 Å². The summed E-state index contributed by atoms with van der Waals surface area (Å²) in [5, 5.41) is 0. The summed E-state index contributed by atoms with van der Waals surface area (Å²) in [6.07, 6.45) is 13.3. The van der Waals surface area contributed by atoms with E-state index in [9.17, 15) is 4.79 Å². The Morgan fingerprint density at radius 1 is 0.767 bits per heavy atom. The summed E-state index contributed by atoms with van der Waals surface area (Å²) in [4.78, 5) is 12.9. The van der Waals surface area contributed by atoms with Crippen LogP contribution in [0.4, 0.5) is 0 Å². The van der Waals surface area contributed by atoms with Crippen LogP contribution < -0.4 is 9.47 Å². The third kappa shape index (κ3) is 5.38. The smallest absolute Gasteiger partial charge is 0.185 e. The largest absolute Gasteiger partial charge is 0.496 e. The molecule has 3 nitrogen and oxygen atoms in total. The number of hydrogen-bond donors (Lipinski definition) is 0. The van der Waals surface area contributed by atoms with E-state index in [2.05, 4.69) is 6.92 Å². The first kappa shape index (κ1) is 21.4. The number of carbonyl (C=O) groups is 1. The molecular formula is C27H28O3. The van der Waals surface area contributed by atoms with Crippen molar-refractivity contribution in [2.75, 3.05) is 14.2 Å². The molecule has 2 aromatic rings. The van der Waals surface area contributed by atoms with Crippen molar-refractivity contribution >= 4 is 17.9 Å². The number of allylic oxidation sites excluding steroid dienone is 6. The van der Waals surface area contributed by atoms with Crippen molar-refractivity contribution in [3.05, 3.63) is 95.1 Å². The third-order valence-electron chi connectivity index (χ3n) is 5.14. The molecule has 0 amide bonds. The van der Waals surface area contributed by atoms with Crippen LogP contribution in [0.15, 0.2) is 84.0 Å². The minimum Gasteiger partial charge on any atom is -0.496 e. The third-order valence-corrected chi connectivity index (χ3v) is 5.14. The van der Waals surface area contributed by atoms with Crippen molar-refractivity contribution in [2.45, 2.75) is 19.8 Å². The minimum atomic E-state index is 0.127. The molecule has 3 rings (SSSR count). The van der Waals surface area contributed by atoms with Crippen LogP contribution in [0, 0.1) is 5.92 Å². The lowest BCUT2D eigenvalue weighted by Crippen LogP contribution is -2.18. The molecule has 0 N–H and O–H groups in total. The van der Waals surface area contributed by atoms with E-state index < -0.39 is 0 Å². The van der Waals surface area contributed by atoms with Crippen LogP contribution in [-0.4, -0.2) is 20.0 Å². The van der Waals surface area contributed by atoms with E-state index in [1.54, 1.807) is 14.2 Å². The van der Waals surface area contributed by atoms with Gasteiger partial charge in [-0.05, 0) is 30.9 Å². The van der Waals surface area contributed by atoms with Crippen LogP contribution in [0.1, 0.15) is 30.9 Å². The van der Waals surface area contributed by atoms with E-state index in [0.717, 1.165) is 46.6 Å². The van der Waals surface area contributed by atoms with Gasteiger partial charge in [-0.2, -0.15) is 0 Å². The Morgan fingerprint density at radius 3 is 1.63 bits per heavy atom. The number of benzene rings is 2. The molecule has 0 spiro atoms. The Hall–Kier alpha value is -3.33. The van der Waals surface area contributed by atoms with E-state index in [0.29, 0.717) is 5.92 Å². The highest BCUT2D eigenvalue weighted by Crippen LogP contribution is 2.30. The molecule has 1 fully saturated rings. The molecule has 0 saturated heterocycles. The zero-order chi connectivity index (χ0) is 21.3. The van der Waals surface area contributed by atoms with E-state index >= 15 is 0 Å². The average molecular weight is 401 g/mol. The fraction of sp³-hybridized carbons (Fsp3) is 0.222. The number of rotatable bonds is 6.